The van der Waals surface area contributed by atoms with E-state index in [2.05, 4.69) is 21.5 Å². The Morgan fingerprint density at radius 1 is 1.36 bits per heavy atom. The Kier molecular flexibility index (Phi) is 3.72. The van der Waals surface area contributed by atoms with Gasteiger partial charge in [-0.3, -0.25) is 9.58 Å². The van der Waals surface area contributed by atoms with Crippen LogP contribution in [-0.4, -0.2) is 50.5 Å². The van der Waals surface area contributed by atoms with Gasteiger partial charge in [-0.15, -0.1) is 0 Å². The molecule has 1 saturated heterocycles. The second-order valence-electron chi connectivity index (χ2n) is 6.36. The fraction of sp³-hybridized carbons (Fsp3) is 0.625. The summed E-state index contributed by atoms with van der Waals surface area (Å²) in [4.78, 5) is 7.25. The molecule has 6 heteroatoms. The van der Waals surface area contributed by atoms with Crippen molar-refractivity contribution in [2.45, 2.75) is 32.5 Å². The third-order valence-corrected chi connectivity index (χ3v) is 4.90. The second-order valence-corrected chi connectivity index (χ2v) is 6.36. The summed E-state index contributed by atoms with van der Waals surface area (Å²) >= 11 is 0. The maximum absolute atomic E-state index is 5.51. The van der Waals surface area contributed by atoms with E-state index in [-0.39, 0.29) is 0 Å². The maximum atomic E-state index is 5.51. The summed E-state index contributed by atoms with van der Waals surface area (Å²) < 4.78 is 9.83. The highest BCUT2D eigenvalue weighted by Gasteiger charge is 2.29. The summed E-state index contributed by atoms with van der Waals surface area (Å²) in [6.07, 6.45) is 7.03. The highest BCUT2D eigenvalue weighted by molar-refractivity contribution is 5.11. The minimum atomic E-state index is 0.376. The van der Waals surface area contributed by atoms with Crippen LogP contribution in [0.2, 0.25) is 0 Å². The minimum Gasteiger partial charge on any atom is -0.381 e. The van der Waals surface area contributed by atoms with Crippen molar-refractivity contribution < 1.29 is 4.74 Å². The molecule has 0 N–H and O–H groups in total. The number of fused-ring (bicyclic) bond motifs is 1. The molecule has 2 aliphatic rings. The largest absolute Gasteiger partial charge is 0.381 e. The van der Waals surface area contributed by atoms with Crippen molar-refractivity contribution in [2.24, 2.45) is 5.92 Å². The number of hydrogen-bond donors (Lipinski definition) is 0. The summed E-state index contributed by atoms with van der Waals surface area (Å²) in [6.45, 7) is 8.14. The molecule has 2 atom stereocenters. The van der Waals surface area contributed by atoms with Gasteiger partial charge in [0.15, 0.2) is 0 Å². The van der Waals surface area contributed by atoms with Crippen LogP contribution in [-0.2, 0) is 17.8 Å². The van der Waals surface area contributed by atoms with Crippen LogP contribution >= 0.6 is 0 Å². The van der Waals surface area contributed by atoms with Gasteiger partial charge < -0.3 is 9.30 Å². The fourth-order valence-electron chi connectivity index (χ4n) is 3.60. The maximum Gasteiger partial charge on any atom is 0.126 e. The molecular weight excluding hydrogens is 278 g/mol. The highest BCUT2D eigenvalue weighted by Crippen LogP contribution is 2.27. The van der Waals surface area contributed by atoms with Crippen molar-refractivity contribution in [2.75, 3.05) is 26.3 Å². The molecule has 0 spiro atoms. The normalized spacial score (nSPS) is 25.5. The van der Waals surface area contributed by atoms with Crippen LogP contribution in [0.3, 0.4) is 0 Å². The van der Waals surface area contributed by atoms with Gasteiger partial charge in [0, 0.05) is 38.6 Å². The zero-order chi connectivity index (χ0) is 14.9. The number of imidazole rings is 1. The molecule has 0 saturated carbocycles. The lowest BCUT2D eigenvalue weighted by Crippen LogP contribution is -2.40. The summed E-state index contributed by atoms with van der Waals surface area (Å²) in [5.41, 5.74) is 1.24. The molecule has 0 amide bonds. The Morgan fingerprint density at radius 2 is 2.32 bits per heavy atom. The van der Waals surface area contributed by atoms with E-state index >= 15 is 0 Å². The van der Waals surface area contributed by atoms with E-state index in [4.69, 9.17) is 9.72 Å². The van der Waals surface area contributed by atoms with Gasteiger partial charge in [-0.2, -0.15) is 5.10 Å². The summed E-state index contributed by atoms with van der Waals surface area (Å²) in [6, 6.07) is 2.34. The lowest BCUT2D eigenvalue weighted by atomic mass is 10.1. The van der Waals surface area contributed by atoms with E-state index in [0.29, 0.717) is 12.0 Å². The van der Waals surface area contributed by atoms with Crippen molar-refractivity contribution in [3.63, 3.8) is 0 Å². The molecule has 4 rings (SSSR count). The molecule has 1 fully saturated rings. The van der Waals surface area contributed by atoms with E-state index in [9.17, 15) is 0 Å². The predicted molar refractivity (Wildman–Crippen MR) is 82.5 cm³/mol. The van der Waals surface area contributed by atoms with Crippen molar-refractivity contribution in [3.05, 3.63) is 36.2 Å². The van der Waals surface area contributed by atoms with Crippen LogP contribution in [0.4, 0.5) is 0 Å². The molecule has 0 radical (unpaired) electrons. The third kappa shape index (κ3) is 2.57. The smallest absolute Gasteiger partial charge is 0.126 e. The predicted octanol–water partition coefficient (Wildman–Crippen LogP) is 1.54. The van der Waals surface area contributed by atoms with E-state index in [0.717, 1.165) is 39.4 Å². The Morgan fingerprint density at radius 3 is 3.09 bits per heavy atom. The monoisotopic (exact) mass is 301 g/mol. The van der Waals surface area contributed by atoms with Gasteiger partial charge in [0.1, 0.15) is 5.82 Å². The van der Waals surface area contributed by atoms with Gasteiger partial charge >= 0.3 is 0 Å². The quantitative estimate of drug-likeness (QED) is 0.859. The molecule has 0 aliphatic carbocycles. The number of nitrogens with zero attached hydrogens (tertiary/aromatic N) is 5. The minimum absolute atomic E-state index is 0.376. The van der Waals surface area contributed by atoms with Crippen molar-refractivity contribution in [1.82, 2.24) is 24.2 Å². The van der Waals surface area contributed by atoms with E-state index < -0.39 is 0 Å². The lowest BCUT2D eigenvalue weighted by Gasteiger charge is -2.35. The molecule has 2 aromatic heterocycles. The van der Waals surface area contributed by atoms with Gasteiger partial charge in [-0.1, -0.05) is 0 Å². The second kappa shape index (κ2) is 5.85. The van der Waals surface area contributed by atoms with Crippen LogP contribution in [0.1, 0.15) is 30.9 Å². The first-order valence-electron chi connectivity index (χ1n) is 8.15. The van der Waals surface area contributed by atoms with Gasteiger partial charge in [0.05, 0.1) is 31.1 Å². The molecular formula is C16H23N5O. The van der Waals surface area contributed by atoms with Crippen molar-refractivity contribution in [3.8, 4) is 0 Å². The van der Waals surface area contributed by atoms with E-state index in [1.807, 2.05) is 29.3 Å². The Hall–Kier alpha value is -1.66. The van der Waals surface area contributed by atoms with Gasteiger partial charge in [-0.05, 0) is 25.3 Å². The van der Waals surface area contributed by atoms with Crippen LogP contribution in [0.5, 0.6) is 0 Å². The molecule has 0 aromatic carbocycles. The van der Waals surface area contributed by atoms with Gasteiger partial charge in [0.25, 0.3) is 0 Å². The fourth-order valence-corrected chi connectivity index (χ4v) is 3.60. The Balaban J connectivity index is 1.49. The molecule has 0 unspecified atom stereocenters. The molecule has 4 heterocycles. The lowest BCUT2D eigenvalue weighted by molar-refractivity contribution is 0.124. The third-order valence-electron chi connectivity index (χ3n) is 4.90. The average molecular weight is 301 g/mol. The number of hydrogen-bond acceptors (Lipinski definition) is 4. The number of ether oxygens (including phenoxy) is 1. The molecule has 6 nitrogen and oxygen atoms in total. The molecule has 118 valence electrons. The molecule has 2 aromatic rings. The van der Waals surface area contributed by atoms with Gasteiger partial charge in [0.2, 0.25) is 0 Å². The van der Waals surface area contributed by atoms with Crippen molar-refractivity contribution >= 4 is 0 Å². The first kappa shape index (κ1) is 14.0. The Labute approximate surface area is 130 Å². The first-order valence-corrected chi connectivity index (χ1v) is 8.15. The van der Waals surface area contributed by atoms with Crippen molar-refractivity contribution in [1.29, 1.82) is 0 Å². The molecule has 0 bridgehead atoms. The van der Waals surface area contributed by atoms with E-state index in [1.54, 1.807) is 0 Å². The number of rotatable bonds is 4. The Bertz CT molecular complexity index is 615. The van der Waals surface area contributed by atoms with Crippen LogP contribution in [0, 0.1) is 5.92 Å². The van der Waals surface area contributed by atoms with Crippen LogP contribution in [0.25, 0.3) is 0 Å². The molecule has 2 aliphatic heterocycles. The average Bonchev–Trinajstić information content (AvgIpc) is 3.25. The van der Waals surface area contributed by atoms with E-state index in [1.165, 1.54) is 17.9 Å². The van der Waals surface area contributed by atoms with Gasteiger partial charge in [-0.25, -0.2) is 4.98 Å². The summed E-state index contributed by atoms with van der Waals surface area (Å²) in [5.74, 6) is 1.87. The summed E-state index contributed by atoms with van der Waals surface area (Å²) in [5, 5.41) is 4.29. The highest BCUT2D eigenvalue weighted by atomic mass is 16.5. The zero-order valence-corrected chi connectivity index (χ0v) is 13.1. The standard InChI is InChI=1S/C16H23N5O/c1-13-16-17-9-15(11-20-5-2-4-18-20)21(16)7-6-19(13)10-14-3-8-22-12-14/h2,4-5,9,13-14H,3,6-8,10-12H2,1H3/t13-,14+/m0/s1. The SMILES string of the molecule is C[C@H]1c2ncc(Cn3cccn3)n2CCN1C[C@H]1CCOC1. The first-order chi connectivity index (χ1) is 10.8. The topological polar surface area (TPSA) is 48.1 Å². The molecule has 22 heavy (non-hydrogen) atoms. The van der Waals surface area contributed by atoms with Crippen LogP contribution < -0.4 is 0 Å². The number of aromatic nitrogens is 4. The summed E-state index contributed by atoms with van der Waals surface area (Å²) in [7, 11) is 0. The zero-order valence-electron chi connectivity index (χ0n) is 13.1. The van der Waals surface area contributed by atoms with Crippen LogP contribution in [0.15, 0.2) is 24.7 Å².